The van der Waals surface area contributed by atoms with Crippen molar-refractivity contribution in [3.8, 4) is 0 Å². The van der Waals surface area contributed by atoms with Gasteiger partial charge in [-0.2, -0.15) is 0 Å². The summed E-state index contributed by atoms with van der Waals surface area (Å²) in [6.45, 7) is 2.05. The average molecular weight is 190 g/mol. The standard InChI is InChI=1S/C9H10N4O/c1-7(12-14)9-4-2-8(3-5-9)6-11-13-10/h2-5,14H,6H2,1H3. The topological polar surface area (TPSA) is 81.4 Å². The summed E-state index contributed by atoms with van der Waals surface area (Å²) >= 11 is 0. The molecule has 0 atom stereocenters. The van der Waals surface area contributed by atoms with Gasteiger partial charge in [-0.3, -0.25) is 0 Å². The fourth-order valence-electron chi connectivity index (χ4n) is 1.02. The van der Waals surface area contributed by atoms with Crippen LogP contribution in [0.4, 0.5) is 0 Å². The smallest absolute Gasteiger partial charge is 0.0836 e. The minimum absolute atomic E-state index is 0.339. The normalized spacial score (nSPS) is 10.8. The molecule has 0 unspecified atom stereocenters. The number of azide groups is 1. The first-order valence-electron chi connectivity index (χ1n) is 4.06. The Bertz CT molecular complexity index is 376. The van der Waals surface area contributed by atoms with Crippen LogP contribution in [0.15, 0.2) is 34.5 Å². The van der Waals surface area contributed by atoms with Crippen LogP contribution in [-0.2, 0) is 6.54 Å². The summed E-state index contributed by atoms with van der Waals surface area (Å²) in [6, 6.07) is 7.30. The van der Waals surface area contributed by atoms with Crippen LogP contribution in [-0.4, -0.2) is 10.9 Å². The Labute approximate surface area is 81.3 Å². The molecule has 1 aromatic rings. The van der Waals surface area contributed by atoms with E-state index in [4.69, 9.17) is 10.7 Å². The van der Waals surface area contributed by atoms with Gasteiger partial charge in [-0.25, -0.2) is 0 Å². The van der Waals surface area contributed by atoms with Crippen molar-refractivity contribution in [3.63, 3.8) is 0 Å². The van der Waals surface area contributed by atoms with Crippen LogP contribution in [0.3, 0.4) is 0 Å². The number of rotatable bonds is 3. The van der Waals surface area contributed by atoms with Crippen LogP contribution >= 0.6 is 0 Å². The van der Waals surface area contributed by atoms with Crippen molar-refractivity contribution in [2.75, 3.05) is 0 Å². The molecule has 1 N–H and O–H groups in total. The summed E-state index contributed by atoms with van der Waals surface area (Å²) in [7, 11) is 0. The van der Waals surface area contributed by atoms with Crippen molar-refractivity contribution >= 4 is 5.71 Å². The lowest BCUT2D eigenvalue weighted by Gasteiger charge is -1.99. The molecule has 5 heteroatoms. The van der Waals surface area contributed by atoms with Crippen LogP contribution in [0.2, 0.25) is 0 Å². The predicted octanol–water partition coefficient (Wildman–Crippen LogP) is 2.70. The van der Waals surface area contributed by atoms with E-state index in [1.54, 1.807) is 6.92 Å². The maximum Gasteiger partial charge on any atom is 0.0836 e. The van der Waals surface area contributed by atoms with Gasteiger partial charge in [-0.05, 0) is 23.6 Å². The summed E-state index contributed by atoms with van der Waals surface area (Å²) in [5, 5.41) is 15.0. The van der Waals surface area contributed by atoms with E-state index in [-0.39, 0.29) is 0 Å². The van der Waals surface area contributed by atoms with E-state index in [0.717, 1.165) is 11.1 Å². The molecule has 0 radical (unpaired) electrons. The molecule has 0 aliphatic carbocycles. The molecule has 0 saturated carbocycles. The van der Waals surface area contributed by atoms with E-state index in [0.29, 0.717) is 12.3 Å². The number of nitrogens with zero attached hydrogens (tertiary/aromatic N) is 4. The zero-order valence-electron chi connectivity index (χ0n) is 7.75. The maximum absolute atomic E-state index is 8.52. The van der Waals surface area contributed by atoms with Crippen LogP contribution in [0.5, 0.6) is 0 Å². The fourth-order valence-corrected chi connectivity index (χ4v) is 1.02. The van der Waals surface area contributed by atoms with Crippen LogP contribution in [0.1, 0.15) is 18.1 Å². The highest BCUT2D eigenvalue weighted by Gasteiger charge is 1.97. The van der Waals surface area contributed by atoms with Gasteiger partial charge in [0, 0.05) is 4.91 Å². The van der Waals surface area contributed by atoms with Gasteiger partial charge in [-0.15, -0.1) is 0 Å². The molecule has 0 spiro atoms. The average Bonchev–Trinajstić information content (AvgIpc) is 2.26. The zero-order chi connectivity index (χ0) is 10.4. The molecule has 5 nitrogen and oxygen atoms in total. The Morgan fingerprint density at radius 1 is 1.43 bits per heavy atom. The molecule has 0 saturated heterocycles. The van der Waals surface area contributed by atoms with Crippen LogP contribution in [0.25, 0.3) is 10.4 Å². The Morgan fingerprint density at radius 3 is 2.57 bits per heavy atom. The second kappa shape index (κ2) is 4.89. The van der Waals surface area contributed by atoms with Crippen molar-refractivity contribution < 1.29 is 5.21 Å². The van der Waals surface area contributed by atoms with Crippen molar-refractivity contribution in [2.24, 2.45) is 10.3 Å². The van der Waals surface area contributed by atoms with Gasteiger partial charge in [0.05, 0.1) is 12.3 Å². The maximum atomic E-state index is 8.52. The molecule has 0 aliphatic rings. The van der Waals surface area contributed by atoms with Crippen LogP contribution < -0.4 is 0 Å². The molecule has 0 bridgehead atoms. The Balaban J connectivity index is 2.83. The molecular weight excluding hydrogens is 180 g/mol. The molecule has 0 aromatic heterocycles. The summed E-state index contributed by atoms with van der Waals surface area (Å²) < 4.78 is 0. The highest BCUT2D eigenvalue weighted by molar-refractivity contribution is 5.98. The molecule has 0 heterocycles. The molecule has 14 heavy (non-hydrogen) atoms. The van der Waals surface area contributed by atoms with Crippen molar-refractivity contribution in [2.45, 2.75) is 13.5 Å². The monoisotopic (exact) mass is 190 g/mol. The quantitative estimate of drug-likeness (QED) is 0.195. The van der Waals surface area contributed by atoms with Gasteiger partial charge >= 0.3 is 0 Å². The molecule has 0 fully saturated rings. The molecule has 72 valence electrons. The lowest BCUT2D eigenvalue weighted by molar-refractivity contribution is 0.319. The first kappa shape index (κ1) is 10.1. The van der Waals surface area contributed by atoms with Crippen molar-refractivity contribution in [1.29, 1.82) is 0 Å². The lowest BCUT2D eigenvalue weighted by Crippen LogP contribution is -1.94. The Morgan fingerprint density at radius 2 is 2.07 bits per heavy atom. The first-order chi connectivity index (χ1) is 6.77. The Hall–Kier alpha value is -2.00. The highest BCUT2D eigenvalue weighted by atomic mass is 16.4. The minimum atomic E-state index is 0.339. The van der Waals surface area contributed by atoms with Gasteiger partial charge in [0.1, 0.15) is 0 Å². The minimum Gasteiger partial charge on any atom is -0.411 e. The van der Waals surface area contributed by atoms with Crippen molar-refractivity contribution in [3.05, 3.63) is 45.8 Å². The van der Waals surface area contributed by atoms with E-state index >= 15 is 0 Å². The summed E-state index contributed by atoms with van der Waals surface area (Å²) in [5.74, 6) is 0. The number of oxime groups is 1. The van der Waals surface area contributed by atoms with Gasteiger partial charge < -0.3 is 5.21 Å². The fraction of sp³-hybridized carbons (Fsp3) is 0.222. The summed E-state index contributed by atoms with van der Waals surface area (Å²) in [6.07, 6.45) is 0. The van der Waals surface area contributed by atoms with E-state index in [2.05, 4.69) is 15.2 Å². The number of hydrogen-bond donors (Lipinski definition) is 1. The number of benzene rings is 1. The van der Waals surface area contributed by atoms with E-state index in [1.807, 2.05) is 24.3 Å². The van der Waals surface area contributed by atoms with Crippen LogP contribution in [0, 0.1) is 0 Å². The third kappa shape index (κ3) is 2.50. The van der Waals surface area contributed by atoms with Gasteiger partial charge in [0.15, 0.2) is 0 Å². The van der Waals surface area contributed by atoms with Gasteiger partial charge in [0.25, 0.3) is 0 Å². The highest BCUT2D eigenvalue weighted by Crippen LogP contribution is 2.06. The Kier molecular flexibility index (Phi) is 3.52. The largest absolute Gasteiger partial charge is 0.411 e. The molecule has 1 aromatic carbocycles. The lowest BCUT2D eigenvalue weighted by atomic mass is 10.1. The van der Waals surface area contributed by atoms with Gasteiger partial charge in [-0.1, -0.05) is 34.5 Å². The SMILES string of the molecule is CC(=NO)c1ccc(CN=[N+]=[N-])cc1. The first-order valence-corrected chi connectivity index (χ1v) is 4.06. The predicted molar refractivity (Wildman–Crippen MR) is 53.3 cm³/mol. The van der Waals surface area contributed by atoms with E-state index < -0.39 is 0 Å². The van der Waals surface area contributed by atoms with Crippen molar-refractivity contribution in [1.82, 2.24) is 0 Å². The zero-order valence-corrected chi connectivity index (χ0v) is 7.75. The number of hydrogen-bond acceptors (Lipinski definition) is 3. The van der Waals surface area contributed by atoms with E-state index in [1.165, 1.54) is 0 Å². The third-order valence-electron chi connectivity index (χ3n) is 1.84. The summed E-state index contributed by atoms with van der Waals surface area (Å²) in [4.78, 5) is 2.67. The second-order valence-electron chi connectivity index (χ2n) is 2.77. The second-order valence-corrected chi connectivity index (χ2v) is 2.77. The van der Waals surface area contributed by atoms with Gasteiger partial charge in [0.2, 0.25) is 0 Å². The molecule has 0 amide bonds. The third-order valence-corrected chi connectivity index (χ3v) is 1.84. The molecule has 1 rings (SSSR count). The van der Waals surface area contributed by atoms with E-state index in [9.17, 15) is 0 Å². The summed E-state index contributed by atoms with van der Waals surface area (Å²) in [5.41, 5.74) is 10.4. The molecule has 0 aliphatic heterocycles. The molecular formula is C9H10N4O.